The Kier molecular flexibility index (Phi) is 4.03. The molecule has 7 nitrogen and oxygen atoms in total. The number of rotatable bonds is 4. The monoisotopic (exact) mass is 330 g/mol. The van der Waals surface area contributed by atoms with Gasteiger partial charge in [0.15, 0.2) is 0 Å². The van der Waals surface area contributed by atoms with Gasteiger partial charge in [-0.05, 0) is 22.8 Å². The van der Waals surface area contributed by atoms with Gasteiger partial charge in [0.2, 0.25) is 0 Å². The number of amides is 1. The normalized spacial score (nSPS) is 17.1. The standard InChI is InChI=1S/C15H14N4O3S/c16-23(21,22)17-9-10-4-3-5-11(8-10)14-12-6-1-2-7-13(12)15(20)19-18-14/h1-8,14,17H,9H2,(H2,16,21,22). The second-order valence-electron chi connectivity index (χ2n) is 5.12. The summed E-state index contributed by atoms with van der Waals surface area (Å²) in [5.74, 6) is -0.358. The van der Waals surface area contributed by atoms with E-state index < -0.39 is 16.3 Å². The Morgan fingerprint density at radius 2 is 1.91 bits per heavy atom. The van der Waals surface area contributed by atoms with Gasteiger partial charge in [0.25, 0.3) is 16.1 Å². The summed E-state index contributed by atoms with van der Waals surface area (Å²) in [7, 11) is -3.75. The fourth-order valence-corrected chi connectivity index (χ4v) is 2.83. The summed E-state index contributed by atoms with van der Waals surface area (Å²) in [4.78, 5) is 11.8. The number of nitrogens with two attached hydrogens (primary N) is 1. The number of benzene rings is 2. The fourth-order valence-electron chi connectivity index (χ4n) is 2.46. The lowest BCUT2D eigenvalue weighted by Gasteiger charge is -2.19. The van der Waals surface area contributed by atoms with Gasteiger partial charge in [0, 0.05) is 12.1 Å². The van der Waals surface area contributed by atoms with Crippen LogP contribution in [-0.4, -0.2) is 14.3 Å². The van der Waals surface area contributed by atoms with Crippen LogP contribution in [0.5, 0.6) is 0 Å². The van der Waals surface area contributed by atoms with Gasteiger partial charge in [0.1, 0.15) is 6.04 Å². The summed E-state index contributed by atoms with van der Waals surface area (Å²) in [6.07, 6.45) is 0. The molecule has 118 valence electrons. The Hall–Kier alpha value is -2.42. The van der Waals surface area contributed by atoms with E-state index in [1.165, 1.54) is 0 Å². The molecule has 0 aromatic heterocycles. The van der Waals surface area contributed by atoms with Crippen molar-refractivity contribution in [1.29, 1.82) is 0 Å². The minimum atomic E-state index is -3.75. The zero-order valence-corrected chi connectivity index (χ0v) is 12.8. The molecule has 2 aromatic carbocycles. The lowest BCUT2D eigenvalue weighted by molar-refractivity contribution is 0.0986. The predicted octanol–water partition coefficient (Wildman–Crippen LogP) is 1.68. The molecule has 1 heterocycles. The summed E-state index contributed by atoms with van der Waals surface area (Å²) < 4.78 is 24.2. The molecule has 1 aliphatic heterocycles. The average molecular weight is 330 g/mol. The first-order chi connectivity index (χ1) is 10.9. The molecule has 0 aliphatic carbocycles. The molecule has 8 heteroatoms. The number of nitrogens with zero attached hydrogens (tertiary/aromatic N) is 2. The molecule has 23 heavy (non-hydrogen) atoms. The Bertz CT molecular complexity index is 893. The first-order valence-corrected chi connectivity index (χ1v) is 8.39. The van der Waals surface area contributed by atoms with Crippen molar-refractivity contribution in [1.82, 2.24) is 4.72 Å². The van der Waals surface area contributed by atoms with Crippen LogP contribution in [0.15, 0.2) is 58.8 Å². The second kappa shape index (κ2) is 5.99. The van der Waals surface area contributed by atoms with E-state index in [-0.39, 0.29) is 12.5 Å². The molecule has 0 fully saturated rings. The van der Waals surface area contributed by atoms with Gasteiger partial charge in [-0.1, -0.05) is 42.5 Å². The van der Waals surface area contributed by atoms with Crippen LogP contribution in [0.4, 0.5) is 0 Å². The van der Waals surface area contributed by atoms with Gasteiger partial charge in [-0.3, -0.25) is 4.79 Å². The van der Waals surface area contributed by atoms with Crippen LogP contribution in [0.2, 0.25) is 0 Å². The number of hydrogen-bond donors (Lipinski definition) is 2. The average Bonchev–Trinajstić information content (AvgIpc) is 2.53. The Labute approximate surface area is 133 Å². The van der Waals surface area contributed by atoms with Crippen molar-refractivity contribution in [2.45, 2.75) is 12.6 Å². The number of hydrogen-bond acceptors (Lipinski definition) is 4. The maximum atomic E-state index is 11.8. The van der Waals surface area contributed by atoms with Crippen molar-refractivity contribution in [3.8, 4) is 0 Å². The number of carbonyl (C=O) groups is 1. The third-order valence-corrected chi connectivity index (χ3v) is 4.04. The molecular weight excluding hydrogens is 316 g/mol. The minimum absolute atomic E-state index is 0.0805. The van der Waals surface area contributed by atoms with E-state index in [0.29, 0.717) is 5.56 Å². The van der Waals surface area contributed by atoms with Crippen molar-refractivity contribution in [3.05, 3.63) is 70.8 Å². The molecule has 3 N–H and O–H groups in total. The van der Waals surface area contributed by atoms with E-state index in [4.69, 9.17) is 5.14 Å². The topological polar surface area (TPSA) is 114 Å². The highest BCUT2D eigenvalue weighted by Gasteiger charge is 2.24. The zero-order chi connectivity index (χ0) is 16.4. The molecule has 0 bridgehead atoms. The Morgan fingerprint density at radius 3 is 2.70 bits per heavy atom. The second-order valence-corrected chi connectivity index (χ2v) is 6.50. The van der Waals surface area contributed by atoms with E-state index in [1.807, 2.05) is 24.3 Å². The SMILES string of the molecule is NS(=O)(=O)NCc1cccc(C2N=NC(=O)c3ccccc32)c1. The fraction of sp³-hybridized carbons (Fsp3) is 0.133. The van der Waals surface area contributed by atoms with Crippen LogP contribution in [-0.2, 0) is 16.8 Å². The van der Waals surface area contributed by atoms with Crippen LogP contribution < -0.4 is 9.86 Å². The highest BCUT2D eigenvalue weighted by Crippen LogP contribution is 2.33. The van der Waals surface area contributed by atoms with E-state index in [1.54, 1.807) is 24.3 Å². The van der Waals surface area contributed by atoms with Crippen LogP contribution in [0, 0.1) is 0 Å². The van der Waals surface area contributed by atoms with Crippen molar-refractivity contribution in [2.24, 2.45) is 15.4 Å². The molecule has 1 atom stereocenters. The lowest BCUT2D eigenvalue weighted by atomic mass is 9.93. The van der Waals surface area contributed by atoms with Gasteiger partial charge in [0.05, 0.1) is 0 Å². The molecule has 3 rings (SSSR count). The van der Waals surface area contributed by atoms with Gasteiger partial charge in [-0.25, -0.2) is 5.14 Å². The van der Waals surface area contributed by atoms with Crippen molar-refractivity contribution in [3.63, 3.8) is 0 Å². The van der Waals surface area contributed by atoms with Crippen LogP contribution in [0.1, 0.15) is 33.1 Å². The maximum Gasteiger partial charge on any atom is 0.295 e. The number of azo groups is 1. The summed E-state index contributed by atoms with van der Waals surface area (Å²) in [5.41, 5.74) is 2.87. The number of nitrogens with one attached hydrogen (secondary N) is 1. The smallest absolute Gasteiger partial charge is 0.265 e. The quantitative estimate of drug-likeness (QED) is 0.888. The molecule has 0 saturated heterocycles. The number of fused-ring (bicyclic) bond motifs is 1. The summed E-state index contributed by atoms with van der Waals surface area (Å²) in [5, 5.41) is 12.7. The predicted molar refractivity (Wildman–Crippen MR) is 83.9 cm³/mol. The van der Waals surface area contributed by atoms with E-state index in [0.717, 1.165) is 16.7 Å². The van der Waals surface area contributed by atoms with Crippen LogP contribution in [0.25, 0.3) is 0 Å². The van der Waals surface area contributed by atoms with E-state index >= 15 is 0 Å². The summed E-state index contributed by atoms with van der Waals surface area (Å²) in [6.45, 7) is 0.0805. The van der Waals surface area contributed by atoms with Crippen molar-refractivity contribution in [2.75, 3.05) is 0 Å². The maximum absolute atomic E-state index is 11.8. The first kappa shape index (κ1) is 15.5. The lowest BCUT2D eigenvalue weighted by Crippen LogP contribution is -2.30. The molecule has 0 spiro atoms. The molecule has 1 amide bonds. The minimum Gasteiger partial charge on any atom is -0.265 e. The largest absolute Gasteiger partial charge is 0.295 e. The van der Waals surface area contributed by atoms with Crippen LogP contribution in [0.3, 0.4) is 0 Å². The molecule has 0 radical (unpaired) electrons. The molecule has 1 aliphatic rings. The van der Waals surface area contributed by atoms with Gasteiger partial charge in [-0.2, -0.15) is 18.3 Å². The van der Waals surface area contributed by atoms with E-state index in [9.17, 15) is 13.2 Å². The summed E-state index contributed by atoms with van der Waals surface area (Å²) in [6, 6.07) is 14.0. The van der Waals surface area contributed by atoms with Gasteiger partial charge < -0.3 is 0 Å². The molecule has 1 unspecified atom stereocenters. The van der Waals surface area contributed by atoms with Gasteiger partial charge >= 0.3 is 0 Å². The Morgan fingerprint density at radius 1 is 1.13 bits per heavy atom. The molecule has 2 aromatic rings. The zero-order valence-electron chi connectivity index (χ0n) is 12.0. The van der Waals surface area contributed by atoms with Crippen molar-refractivity contribution >= 4 is 16.1 Å². The number of carbonyl (C=O) groups excluding carboxylic acids is 1. The van der Waals surface area contributed by atoms with Gasteiger partial charge in [-0.15, -0.1) is 5.11 Å². The summed E-state index contributed by atoms with van der Waals surface area (Å²) >= 11 is 0. The van der Waals surface area contributed by atoms with Crippen LogP contribution >= 0.6 is 0 Å². The third-order valence-electron chi connectivity index (χ3n) is 3.49. The molecule has 0 saturated carbocycles. The first-order valence-electron chi connectivity index (χ1n) is 6.84. The Balaban J connectivity index is 1.93. The molecular formula is C15H14N4O3S. The highest BCUT2D eigenvalue weighted by molar-refractivity contribution is 7.87. The highest BCUT2D eigenvalue weighted by atomic mass is 32.2. The van der Waals surface area contributed by atoms with E-state index in [2.05, 4.69) is 15.0 Å². The third kappa shape index (κ3) is 3.50. The van der Waals surface area contributed by atoms with Crippen molar-refractivity contribution < 1.29 is 13.2 Å².